The minimum absolute atomic E-state index is 0.0608. The van der Waals surface area contributed by atoms with Gasteiger partial charge < -0.3 is 10.6 Å². The lowest BCUT2D eigenvalue weighted by molar-refractivity contribution is -0.115. The van der Waals surface area contributed by atoms with E-state index in [1.54, 1.807) is 0 Å². The minimum atomic E-state index is 0.0608. The fourth-order valence-corrected chi connectivity index (χ4v) is 3.17. The summed E-state index contributed by atoms with van der Waals surface area (Å²) in [5, 5.41) is 6.45. The first kappa shape index (κ1) is 18.1. The molecule has 3 rings (SSSR count). The van der Waals surface area contributed by atoms with Crippen molar-refractivity contribution in [3.05, 3.63) is 72.0 Å². The summed E-state index contributed by atoms with van der Waals surface area (Å²) in [6.45, 7) is 8.24. The van der Waals surface area contributed by atoms with Gasteiger partial charge in [0.25, 0.3) is 0 Å². The maximum absolute atomic E-state index is 11.5. The quantitative estimate of drug-likeness (QED) is 0.763. The van der Waals surface area contributed by atoms with E-state index in [0.29, 0.717) is 6.42 Å². The van der Waals surface area contributed by atoms with Crippen molar-refractivity contribution in [3.63, 3.8) is 0 Å². The molecule has 0 bridgehead atoms. The van der Waals surface area contributed by atoms with E-state index in [0.717, 1.165) is 28.8 Å². The molecule has 0 aliphatic carbocycles. The monoisotopic (exact) mass is 347 g/mol. The highest BCUT2D eigenvalue weighted by Gasteiger charge is 2.20. The van der Waals surface area contributed by atoms with Crippen LogP contribution in [0.5, 0.6) is 0 Å². The van der Waals surface area contributed by atoms with E-state index in [2.05, 4.69) is 41.3 Å². The van der Waals surface area contributed by atoms with E-state index < -0.39 is 0 Å². The number of nitrogens with zero attached hydrogens (tertiary/aromatic N) is 1. The van der Waals surface area contributed by atoms with Crippen LogP contribution in [0.1, 0.15) is 31.4 Å². The Labute approximate surface area is 155 Å². The summed E-state index contributed by atoms with van der Waals surface area (Å²) in [5.41, 5.74) is 5.32. The summed E-state index contributed by atoms with van der Waals surface area (Å²) >= 11 is 0. The van der Waals surface area contributed by atoms with Gasteiger partial charge in [0.2, 0.25) is 5.91 Å². The number of hydrogen-bond donors (Lipinski definition) is 2. The molecule has 0 saturated heterocycles. The summed E-state index contributed by atoms with van der Waals surface area (Å²) in [7, 11) is 0. The number of carbonyl (C=O) groups excluding carboxylic acids is 1. The number of anilines is 1. The Morgan fingerprint density at radius 1 is 1.42 bits per heavy atom. The number of fused-ring (bicyclic) bond motifs is 1. The molecule has 1 unspecified atom stereocenters. The van der Waals surface area contributed by atoms with Crippen LogP contribution in [0.4, 0.5) is 5.69 Å². The molecular formula is C22H25N3O. The molecule has 0 radical (unpaired) electrons. The first-order valence-corrected chi connectivity index (χ1v) is 8.96. The van der Waals surface area contributed by atoms with Crippen molar-refractivity contribution in [2.75, 3.05) is 5.32 Å². The number of nitrogens with one attached hydrogen (secondary N) is 2. The molecule has 2 N–H and O–H groups in total. The number of aliphatic imine (C=N–C) groups is 1. The van der Waals surface area contributed by atoms with Crippen molar-refractivity contribution in [1.82, 2.24) is 5.32 Å². The normalized spacial score (nSPS) is 20.3. The predicted octanol–water partition coefficient (Wildman–Crippen LogP) is 4.03. The topological polar surface area (TPSA) is 53.5 Å². The van der Waals surface area contributed by atoms with Crippen molar-refractivity contribution < 1.29 is 4.79 Å². The molecule has 0 spiro atoms. The third-order valence-corrected chi connectivity index (χ3v) is 4.67. The second kappa shape index (κ2) is 8.11. The standard InChI is InChI=1S/C22H25N3O/c1-4-5-6-7-15(2)16(3)24-20-11-19(13-23-14-20)17-8-9-21-18(10-17)12-22(26)25-21/h4-10,13-14,16,20,24H,2,11-12H2,1,3H3,(H,25,26)/b5-4-,7-6-/t16-,20?/m1/s1. The van der Waals surface area contributed by atoms with Crippen molar-refractivity contribution in [1.29, 1.82) is 0 Å². The lowest BCUT2D eigenvalue weighted by Crippen LogP contribution is -2.39. The minimum Gasteiger partial charge on any atom is -0.326 e. The van der Waals surface area contributed by atoms with E-state index in [1.165, 1.54) is 5.57 Å². The molecule has 1 aromatic rings. The second-order valence-electron chi connectivity index (χ2n) is 6.71. The zero-order valence-corrected chi connectivity index (χ0v) is 15.3. The molecular weight excluding hydrogens is 322 g/mol. The van der Waals surface area contributed by atoms with Gasteiger partial charge in [-0.3, -0.25) is 9.79 Å². The fourth-order valence-electron chi connectivity index (χ4n) is 3.17. The first-order chi connectivity index (χ1) is 12.6. The summed E-state index contributed by atoms with van der Waals surface area (Å²) in [5.74, 6) is 0.0608. The average molecular weight is 347 g/mol. The fraction of sp³-hybridized carbons (Fsp3) is 0.273. The molecule has 0 saturated carbocycles. The second-order valence-corrected chi connectivity index (χ2v) is 6.71. The Kier molecular flexibility index (Phi) is 5.64. The number of carbonyl (C=O) groups is 1. The van der Waals surface area contributed by atoms with Crippen LogP contribution in [-0.2, 0) is 11.2 Å². The summed E-state index contributed by atoms with van der Waals surface area (Å²) in [6.07, 6.45) is 13.2. The molecule has 2 heterocycles. The highest BCUT2D eigenvalue weighted by molar-refractivity contribution is 5.99. The van der Waals surface area contributed by atoms with Gasteiger partial charge in [-0.25, -0.2) is 0 Å². The van der Waals surface area contributed by atoms with E-state index in [-0.39, 0.29) is 18.0 Å². The highest BCUT2D eigenvalue weighted by Crippen LogP contribution is 2.29. The summed E-state index contributed by atoms with van der Waals surface area (Å²) < 4.78 is 0. The zero-order valence-electron chi connectivity index (χ0n) is 15.3. The Balaban J connectivity index is 1.64. The SMILES string of the molecule is C=C(/C=C\C=C/C)[C@@H](C)NC1C=NC=C(c2ccc3c(c2)CC(=O)N3)C1. The van der Waals surface area contributed by atoms with Gasteiger partial charge >= 0.3 is 0 Å². The third kappa shape index (κ3) is 4.27. The van der Waals surface area contributed by atoms with E-state index in [1.807, 2.05) is 49.7 Å². The Morgan fingerprint density at radius 3 is 3.08 bits per heavy atom. The average Bonchev–Trinajstić information content (AvgIpc) is 3.01. The maximum Gasteiger partial charge on any atom is 0.228 e. The largest absolute Gasteiger partial charge is 0.326 e. The van der Waals surface area contributed by atoms with Crippen molar-refractivity contribution >= 4 is 23.4 Å². The van der Waals surface area contributed by atoms with Crippen molar-refractivity contribution in [2.45, 2.75) is 38.8 Å². The van der Waals surface area contributed by atoms with Crippen LogP contribution in [0.3, 0.4) is 0 Å². The van der Waals surface area contributed by atoms with Crippen molar-refractivity contribution in [3.8, 4) is 0 Å². The zero-order chi connectivity index (χ0) is 18.5. The van der Waals surface area contributed by atoms with Crippen LogP contribution in [-0.4, -0.2) is 24.2 Å². The van der Waals surface area contributed by atoms with Gasteiger partial charge in [0.1, 0.15) is 0 Å². The number of benzene rings is 1. The highest BCUT2D eigenvalue weighted by atomic mass is 16.1. The van der Waals surface area contributed by atoms with Gasteiger partial charge in [-0.15, -0.1) is 0 Å². The number of hydrogen-bond acceptors (Lipinski definition) is 3. The third-order valence-electron chi connectivity index (χ3n) is 4.67. The summed E-state index contributed by atoms with van der Waals surface area (Å²) in [6, 6.07) is 6.45. The smallest absolute Gasteiger partial charge is 0.228 e. The van der Waals surface area contributed by atoms with Crippen molar-refractivity contribution in [2.24, 2.45) is 4.99 Å². The first-order valence-electron chi connectivity index (χ1n) is 8.96. The molecule has 26 heavy (non-hydrogen) atoms. The van der Waals surface area contributed by atoms with Gasteiger partial charge in [-0.1, -0.05) is 36.9 Å². The number of rotatable bonds is 6. The lowest BCUT2D eigenvalue weighted by atomic mass is 9.95. The van der Waals surface area contributed by atoms with Gasteiger partial charge in [0.05, 0.1) is 6.42 Å². The van der Waals surface area contributed by atoms with Gasteiger partial charge in [-0.05, 0) is 54.7 Å². The molecule has 0 aromatic heterocycles. The Morgan fingerprint density at radius 2 is 2.27 bits per heavy atom. The molecule has 1 amide bonds. The molecule has 1 aromatic carbocycles. The predicted molar refractivity (Wildman–Crippen MR) is 109 cm³/mol. The lowest BCUT2D eigenvalue weighted by Gasteiger charge is -2.24. The van der Waals surface area contributed by atoms with Crippen LogP contribution in [0, 0.1) is 0 Å². The molecule has 0 fully saturated rings. The molecule has 4 nitrogen and oxygen atoms in total. The van der Waals surface area contributed by atoms with Crippen LogP contribution in [0.2, 0.25) is 0 Å². The maximum atomic E-state index is 11.5. The Hall–Kier alpha value is -2.72. The van der Waals surface area contributed by atoms with Crippen LogP contribution < -0.4 is 10.6 Å². The van der Waals surface area contributed by atoms with Crippen LogP contribution >= 0.6 is 0 Å². The Bertz CT molecular complexity index is 830. The van der Waals surface area contributed by atoms with Gasteiger partial charge in [0.15, 0.2) is 0 Å². The van der Waals surface area contributed by atoms with E-state index >= 15 is 0 Å². The van der Waals surface area contributed by atoms with E-state index in [4.69, 9.17) is 0 Å². The molecule has 4 heteroatoms. The number of allylic oxidation sites excluding steroid dienone is 3. The van der Waals surface area contributed by atoms with Gasteiger partial charge in [0, 0.05) is 30.2 Å². The number of amides is 1. The van der Waals surface area contributed by atoms with Crippen LogP contribution in [0.25, 0.3) is 5.57 Å². The van der Waals surface area contributed by atoms with E-state index in [9.17, 15) is 4.79 Å². The summed E-state index contributed by atoms with van der Waals surface area (Å²) in [4.78, 5) is 16.0. The molecule has 2 atom stereocenters. The molecule has 134 valence electrons. The van der Waals surface area contributed by atoms with Gasteiger partial charge in [-0.2, -0.15) is 0 Å². The van der Waals surface area contributed by atoms with Crippen LogP contribution in [0.15, 0.2) is 65.8 Å². The molecule has 2 aliphatic rings. The molecule has 2 aliphatic heterocycles.